The summed E-state index contributed by atoms with van der Waals surface area (Å²) in [4.78, 5) is 70.8. The topological polar surface area (TPSA) is 237 Å². The number of aliphatic hydroxyl groups is 1. The quantitative estimate of drug-likeness (QED) is 0.0222. The summed E-state index contributed by atoms with van der Waals surface area (Å²) in [6, 6.07) is 0. The van der Waals surface area contributed by atoms with Crippen LogP contribution in [-0.4, -0.2) is 96.7 Å². The molecule has 0 aliphatic heterocycles. The molecule has 414 valence electrons. The zero-order chi connectivity index (χ0) is 52.0. The SMILES string of the molecule is CCCCCCCCCCCCCC(=O)OC[C@H](COP(=O)(O)OC[C@@H](O)COP(=O)(O)OC[C@@H](COC(=O)CCCCC)OC(=O)CCCCCCC)OC(=O)CCCCCCCCCCCCC. The summed E-state index contributed by atoms with van der Waals surface area (Å²) >= 11 is 0. The zero-order valence-corrected chi connectivity index (χ0v) is 45.8. The van der Waals surface area contributed by atoms with Gasteiger partial charge in [-0.25, -0.2) is 9.13 Å². The smallest absolute Gasteiger partial charge is 0.462 e. The molecule has 0 aromatic carbocycles. The lowest BCUT2D eigenvalue weighted by atomic mass is 10.1. The summed E-state index contributed by atoms with van der Waals surface area (Å²) < 4.78 is 66.8. The lowest BCUT2D eigenvalue weighted by Crippen LogP contribution is -2.30. The van der Waals surface area contributed by atoms with E-state index in [2.05, 4.69) is 20.8 Å². The molecule has 0 bridgehead atoms. The second-order valence-corrected chi connectivity index (χ2v) is 21.5. The summed E-state index contributed by atoms with van der Waals surface area (Å²) in [7, 11) is -9.83. The molecule has 0 aliphatic carbocycles. The number of unbranched alkanes of at least 4 members (excludes halogenated alkanes) is 26. The number of carbonyl (C=O) groups is 4. The van der Waals surface area contributed by atoms with Crippen LogP contribution in [0.1, 0.15) is 246 Å². The van der Waals surface area contributed by atoms with Crippen LogP contribution in [0, 0.1) is 0 Å². The zero-order valence-electron chi connectivity index (χ0n) is 44.0. The molecular weight excluding hydrogens is 946 g/mol. The van der Waals surface area contributed by atoms with Gasteiger partial charge in [-0.3, -0.25) is 37.3 Å². The number of phosphoric acid groups is 2. The van der Waals surface area contributed by atoms with Crippen LogP contribution in [0.25, 0.3) is 0 Å². The first kappa shape index (κ1) is 68.1. The molecule has 5 atom stereocenters. The molecule has 19 heteroatoms. The maximum atomic E-state index is 12.8. The van der Waals surface area contributed by atoms with E-state index >= 15 is 0 Å². The number of hydrogen-bond acceptors (Lipinski definition) is 15. The van der Waals surface area contributed by atoms with Crippen molar-refractivity contribution in [3.63, 3.8) is 0 Å². The van der Waals surface area contributed by atoms with Crippen LogP contribution in [-0.2, 0) is 65.4 Å². The first-order valence-electron chi connectivity index (χ1n) is 27.3. The van der Waals surface area contributed by atoms with E-state index in [0.29, 0.717) is 25.7 Å². The molecule has 0 spiro atoms. The van der Waals surface area contributed by atoms with Gasteiger partial charge in [0.2, 0.25) is 0 Å². The van der Waals surface area contributed by atoms with Crippen LogP contribution >= 0.6 is 15.6 Å². The minimum atomic E-state index is -4.92. The largest absolute Gasteiger partial charge is 0.472 e. The van der Waals surface area contributed by atoms with Gasteiger partial charge in [0.25, 0.3) is 0 Å². The van der Waals surface area contributed by atoms with Crippen molar-refractivity contribution in [3.8, 4) is 0 Å². The van der Waals surface area contributed by atoms with E-state index in [0.717, 1.165) is 83.5 Å². The third-order valence-corrected chi connectivity index (χ3v) is 13.5. The Morgan fingerprint density at radius 2 is 0.571 bits per heavy atom. The molecule has 0 aromatic rings. The van der Waals surface area contributed by atoms with Crippen molar-refractivity contribution >= 4 is 39.5 Å². The van der Waals surface area contributed by atoms with E-state index in [1.54, 1.807) is 0 Å². The Balaban J connectivity index is 5.11. The second kappa shape index (κ2) is 46.8. The summed E-state index contributed by atoms with van der Waals surface area (Å²) in [5.41, 5.74) is 0. The van der Waals surface area contributed by atoms with E-state index < -0.39 is 97.5 Å². The van der Waals surface area contributed by atoms with Crippen LogP contribution in [0.5, 0.6) is 0 Å². The van der Waals surface area contributed by atoms with Crippen molar-refractivity contribution in [2.45, 2.75) is 264 Å². The Labute approximate surface area is 422 Å². The summed E-state index contributed by atoms with van der Waals surface area (Å²) in [5, 5.41) is 10.4. The fourth-order valence-corrected chi connectivity index (χ4v) is 8.91. The molecule has 0 fully saturated rings. The number of esters is 4. The van der Waals surface area contributed by atoms with E-state index in [9.17, 15) is 43.2 Å². The van der Waals surface area contributed by atoms with Crippen molar-refractivity contribution in [1.82, 2.24) is 0 Å². The van der Waals surface area contributed by atoms with Crippen molar-refractivity contribution in [1.29, 1.82) is 0 Å². The molecule has 0 amide bonds. The van der Waals surface area contributed by atoms with Crippen molar-refractivity contribution in [2.75, 3.05) is 39.6 Å². The second-order valence-electron chi connectivity index (χ2n) is 18.6. The molecule has 70 heavy (non-hydrogen) atoms. The maximum Gasteiger partial charge on any atom is 0.472 e. The van der Waals surface area contributed by atoms with Crippen LogP contribution in [0.2, 0.25) is 0 Å². The van der Waals surface area contributed by atoms with Crippen LogP contribution in [0.3, 0.4) is 0 Å². The number of aliphatic hydroxyl groups excluding tert-OH is 1. The third kappa shape index (κ3) is 45.9. The molecule has 0 heterocycles. The van der Waals surface area contributed by atoms with Gasteiger partial charge in [-0.15, -0.1) is 0 Å². The van der Waals surface area contributed by atoms with Gasteiger partial charge in [0.05, 0.1) is 26.4 Å². The fraction of sp³-hybridized carbons (Fsp3) is 0.922. The Morgan fingerprint density at radius 3 is 0.871 bits per heavy atom. The predicted octanol–water partition coefficient (Wildman–Crippen LogP) is 12.9. The number of phosphoric ester groups is 2. The van der Waals surface area contributed by atoms with E-state index in [1.165, 1.54) is 83.5 Å². The first-order valence-corrected chi connectivity index (χ1v) is 30.3. The highest BCUT2D eigenvalue weighted by Gasteiger charge is 2.30. The lowest BCUT2D eigenvalue weighted by Gasteiger charge is -2.21. The van der Waals surface area contributed by atoms with Gasteiger partial charge in [-0.1, -0.05) is 195 Å². The molecular formula is C51H98O17P2. The van der Waals surface area contributed by atoms with Gasteiger partial charge in [0, 0.05) is 25.7 Å². The normalized spacial score (nSPS) is 14.6. The highest BCUT2D eigenvalue weighted by atomic mass is 31.2. The lowest BCUT2D eigenvalue weighted by molar-refractivity contribution is -0.161. The minimum absolute atomic E-state index is 0.0980. The number of carbonyl (C=O) groups excluding carboxylic acids is 4. The van der Waals surface area contributed by atoms with E-state index in [4.69, 9.17) is 37.0 Å². The Morgan fingerprint density at radius 1 is 0.343 bits per heavy atom. The molecule has 0 aromatic heterocycles. The van der Waals surface area contributed by atoms with E-state index in [1.807, 2.05) is 6.92 Å². The molecule has 17 nitrogen and oxygen atoms in total. The van der Waals surface area contributed by atoms with Crippen molar-refractivity contribution in [2.24, 2.45) is 0 Å². The molecule has 0 saturated carbocycles. The summed E-state index contributed by atoms with van der Waals surface area (Å²) in [6.07, 6.45) is 27.7. The first-order chi connectivity index (χ1) is 33.7. The highest BCUT2D eigenvalue weighted by Crippen LogP contribution is 2.45. The molecule has 0 saturated heterocycles. The van der Waals surface area contributed by atoms with Gasteiger partial charge in [0.15, 0.2) is 12.2 Å². The van der Waals surface area contributed by atoms with Crippen molar-refractivity contribution in [3.05, 3.63) is 0 Å². The molecule has 0 aliphatic rings. The number of hydrogen-bond donors (Lipinski definition) is 3. The molecule has 0 rings (SSSR count). The number of rotatable bonds is 52. The standard InChI is InChI=1S/C51H98O17P2/c1-5-9-13-16-18-20-22-24-26-29-32-36-49(54)62-42-47(68-51(56)38-34-30-27-25-23-21-19-17-14-10-6-2)44-66-70(59,60)64-40-45(52)39-63-69(57,58)65-43-46(41-61-48(53)35-31-12-8-4)67-50(55)37-33-28-15-11-7-3/h45-47,52H,5-44H2,1-4H3,(H,57,58)(H,59,60)/t45-,46+,47+/m0/s1. The predicted molar refractivity (Wildman–Crippen MR) is 271 cm³/mol. The maximum absolute atomic E-state index is 12.8. The van der Waals surface area contributed by atoms with Crippen LogP contribution in [0.4, 0.5) is 0 Å². The van der Waals surface area contributed by atoms with Crippen molar-refractivity contribution < 1.29 is 80.2 Å². The van der Waals surface area contributed by atoms with E-state index in [-0.39, 0.29) is 25.7 Å². The van der Waals surface area contributed by atoms with Gasteiger partial charge in [-0.05, 0) is 25.7 Å². The van der Waals surface area contributed by atoms with Gasteiger partial charge in [-0.2, -0.15) is 0 Å². The van der Waals surface area contributed by atoms with Gasteiger partial charge >= 0.3 is 39.5 Å². The average molecular weight is 1050 g/mol. The monoisotopic (exact) mass is 1040 g/mol. The van der Waals surface area contributed by atoms with Crippen LogP contribution < -0.4 is 0 Å². The summed E-state index contributed by atoms with van der Waals surface area (Å²) in [6.45, 7) is 4.51. The summed E-state index contributed by atoms with van der Waals surface area (Å²) in [5.74, 6) is -2.19. The molecule has 0 radical (unpaired) electrons. The van der Waals surface area contributed by atoms with Gasteiger partial charge < -0.3 is 33.8 Å². The molecule has 2 unspecified atom stereocenters. The number of ether oxygens (including phenoxy) is 4. The fourth-order valence-electron chi connectivity index (χ4n) is 7.34. The average Bonchev–Trinajstić information content (AvgIpc) is 3.33. The Bertz CT molecular complexity index is 1390. The molecule has 3 N–H and O–H groups in total. The van der Waals surface area contributed by atoms with Crippen LogP contribution in [0.15, 0.2) is 0 Å². The highest BCUT2D eigenvalue weighted by molar-refractivity contribution is 7.47. The van der Waals surface area contributed by atoms with Gasteiger partial charge in [0.1, 0.15) is 19.3 Å². The minimum Gasteiger partial charge on any atom is -0.462 e. The Kier molecular flexibility index (Phi) is 45.5. The third-order valence-electron chi connectivity index (χ3n) is 11.6. The Hall–Kier alpha value is -1.94.